The smallest absolute Gasteiger partial charge is 0.311 e. The Labute approximate surface area is 141 Å². The zero-order valence-corrected chi connectivity index (χ0v) is 13.9. The summed E-state index contributed by atoms with van der Waals surface area (Å²) in [6.45, 7) is 4.22. The summed E-state index contributed by atoms with van der Waals surface area (Å²) < 4.78 is 10.7. The first-order valence-electron chi connectivity index (χ1n) is 7.90. The zero-order chi connectivity index (χ0) is 17.6. The molecule has 1 saturated heterocycles. The van der Waals surface area contributed by atoms with Crippen LogP contribution in [0.4, 0.5) is 0 Å². The minimum atomic E-state index is -0.944. The predicted octanol–water partition coefficient (Wildman–Crippen LogP) is 2.34. The molecule has 0 bridgehead atoms. The molecule has 2 rings (SSSR count). The maximum Gasteiger partial charge on any atom is 0.311 e. The Balaban J connectivity index is 2.01. The van der Waals surface area contributed by atoms with Gasteiger partial charge in [-0.2, -0.15) is 0 Å². The number of carboxylic acids is 1. The zero-order valence-electron chi connectivity index (χ0n) is 13.9. The van der Waals surface area contributed by atoms with Gasteiger partial charge < -0.3 is 19.5 Å². The molecule has 0 aliphatic carbocycles. The van der Waals surface area contributed by atoms with Crippen molar-refractivity contribution in [3.8, 4) is 11.5 Å². The van der Waals surface area contributed by atoms with Crippen LogP contribution in [0.5, 0.6) is 11.5 Å². The number of allylic oxidation sites excluding steroid dienone is 1. The Kier molecular flexibility index (Phi) is 5.84. The standard InChI is InChI=1S/C18H23NO5/c1-3-9-18(17(21)22)10-6-11-19(13-18)16(20)12-24-15-8-5-4-7-14(15)23-2/h3-5,7-8H,1,6,9-13H2,2H3,(H,21,22)/t18-/m1/s1. The van der Waals surface area contributed by atoms with Gasteiger partial charge in [-0.1, -0.05) is 18.2 Å². The summed E-state index contributed by atoms with van der Waals surface area (Å²) in [7, 11) is 1.53. The molecule has 0 aromatic heterocycles. The van der Waals surface area contributed by atoms with Crippen LogP contribution in [-0.2, 0) is 9.59 Å². The van der Waals surface area contributed by atoms with E-state index in [0.29, 0.717) is 37.3 Å². The molecule has 0 radical (unpaired) electrons. The van der Waals surface area contributed by atoms with E-state index in [9.17, 15) is 14.7 Å². The fraction of sp³-hybridized carbons (Fsp3) is 0.444. The Hall–Kier alpha value is -2.50. The highest BCUT2D eigenvalue weighted by Crippen LogP contribution is 2.34. The molecular formula is C18H23NO5. The van der Waals surface area contributed by atoms with E-state index in [-0.39, 0.29) is 19.1 Å². The van der Waals surface area contributed by atoms with Crippen molar-refractivity contribution in [1.29, 1.82) is 0 Å². The van der Waals surface area contributed by atoms with E-state index in [1.165, 1.54) is 7.11 Å². The quantitative estimate of drug-likeness (QED) is 0.775. The first-order valence-corrected chi connectivity index (χ1v) is 7.90. The molecule has 1 aromatic rings. The summed E-state index contributed by atoms with van der Waals surface area (Å²) in [4.78, 5) is 25.7. The van der Waals surface area contributed by atoms with Crippen LogP contribution in [0, 0.1) is 5.41 Å². The molecule has 1 amide bonds. The lowest BCUT2D eigenvalue weighted by molar-refractivity contribution is -0.155. The van der Waals surface area contributed by atoms with E-state index >= 15 is 0 Å². The molecule has 0 spiro atoms. The van der Waals surface area contributed by atoms with E-state index < -0.39 is 11.4 Å². The van der Waals surface area contributed by atoms with Gasteiger partial charge in [0.1, 0.15) is 0 Å². The van der Waals surface area contributed by atoms with Crippen molar-refractivity contribution in [3.05, 3.63) is 36.9 Å². The largest absolute Gasteiger partial charge is 0.493 e. The van der Waals surface area contributed by atoms with E-state index in [1.807, 2.05) is 6.07 Å². The Bertz CT molecular complexity index is 615. The lowest BCUT2D eigenvalue weighted by Crippen LogP contribution is -2.50. The van der Waals surface area contributed by atoms with E-state index in [4.69, 9.17) is 9.47 Å². The first kappa shape index (κ1) is 17.8. The summed E-state index contributed by atoms with van der Waals surface area (Å²) in [5.74, 6) is -0.0720. The van der Waals surface area contributed by atoms with Gasteiger partial charge in [-0.25, -0.2) is 0 Å². The lowest BCUT2D eigenvalue weighted by Gasteiger charge is -2.39. The predicted molar refractivity (Wildman–Crippen MR) is 89.2 cm³/mol. The monoisotopic (exact) mass is 333 g/mol. The van der Waals surface area contributed by atoms with Crippen molar-refractivity contribution < 1.29 is 24.2 Å². The number of hydrogen-bond acceptors (Lipinski definition) is 4. The maximum absolute atomic E-state index is 12.4. The Morgan fingerprint density at radius 3 is 2.71 bits per heavy atom. The van der Waals surface area contributed by atoms with Crippen LogP contribution < -0.4 is 9.47 Å². The molecule has 1 atom stereocenters. The maximum atomic E-state index is 12.4. The highest BCUT2D eigenvalue weighted by Gasteiger charge is 2.42. The number of amides is 1. The summed E-state index contributed by atoms with van der Waals surface area (Å²) in [5.41, 5.74) is -0.944. The molecule has 1 heterocycles. The number of methoxy groups -OCH3 is 1. The van der Waals surface area contributed by atoms with Crippen LogP contribution >= 0.6 is 0 Å². The van der Waals surface area contributed by atoms with E-state index in [2.05, 4.69) is 6.58 Å². The molecule has 1 aromatic carbocycles. The number of carboxylic acid groups (broad SMARTS) is 1. The third-order valence-electron chi connectivity index (χ3n) is 4.34. The van der Waals surface area contributed by atoms with E-state index in [1.54, 1.807) is 29.2 Å². The van der Waals surface area contributed by atoms with Crippen molar-refractivity contribution in [2.75, 3.05) is 26.8 Å². The van der Waals surface area contributed by atoms with Crippen molar-refractivity contribution in [1.82, 2.24) is 4.90 Å². The fourth-order valence-electron chi connectivity index (χ4n) is 3.02. The van der Waals surface area contributed by atoms with Gasteiger partial charge in [0, 0.05) is 13.1 Å². The second-order valence-corrected chi connectivity index (χ2v) is 5.94. The molecule has 1 aliphatic heterocycles. The van der Waals surface area contributed by atoms with Gasteiger partial charge in [0.05, 0.1) is 12.5 Å². The number of likely N-dealkylation sites (tertiary alicyclic amines) is 1. The van der Waals surface area contributed by atoms with Crippen molar-refractivity contribution in [2.24, 2.45) is 5.41 Å². The van der Waals surface area contributed by atoms with Gasteiger partial charge in [0.2, 0.25) is 0 Å². The highest BCUT2D eigenvalue weighted by atomic mass is 16.5. The number of aliphatic carboxylic acids is 1. The molecule has 0 saturated carbocycles. The van der Waals surface area contributed by atoms with Gasteiger partial charge in [0.25, 0.3) is 5.91 Å². The van der Waals surface area contributed by atoms with Gasteiger partial charge in [-0.05, 0) is 31.4 Å². The lowest BCUT2D eigenvalue weighted by atomic mass is 9.77. The van der Waals surface area contributed by atoms with Gasteiger partial charge >= 0.3 is 5.97 Å². The molecule has 6 nitrogen and oxygen atoms in total. The average molecular weight is 333 g/mol. The molecule has 130 valence electrons. The minimum absolute atomic E-state index is 0.149. The number of rotatable bonds is 7. The summed E-state index contributed by atoms with van der Waals surface area (Å²) in [6, 6.07) is 7.08. The van der Waals surface area contributed by atoms with Crippen LogP contribution in [0.2, 0.25) is 0 Å². The Morgan fingerprint density at radius 1 is 1.38 bits per heavy atom. The van der Waals surface area contributed by atoms with Crippen molar-refractivity contribution in [3.63, 3.8) is 0 Å². The van der Waals surface area contributed by atoms with Crippen LogP contribution in [0.25, 0.3) is 0 Å². The third-order valence-corrected chi connectivity index (χ3v) is 4.34. The molecular weight excluding hydrogens is 310 g/mol. The SMILES string of the molecule is C=CC[C@@]1(C(=O)O)CCCN(C(=O)COc2ccccc2OC)C1. The summed E-state index contributed by atoms with van der Waals surface area (Å²) >= 11 is 0. The Morgan fingerprint density at radius 2 is 2.08 bits per heavy atom. The molecule has 1 fully saturated rings. The van der Waals surface area contributed by atoms with Gasteiger partial charge in [-0.3, -0.25) is 9.59 Å². The van der Waals surface area contributed by atoms with Crippen molar-refractivity contribution >= 4 is 11.9 Å². The first-order chi connectivity index (χ1) is 11.5. The molecule has 0 unspecified atom stereocenters. The molecule has 1 aliphatic rings. The number of nitrogens with zero attached hydrogens (tertiary/aromatic N) is 1. The van der Waals surface area contributed by atoms with Gasteiger partial charge in [0.15, 0.2) is 18.1 Å². The number of benzene rings is 1. The fourth-order valence-corrected chi connectivity index (χ4v) is 3.02. The van der Waals surface area contributed by atoms with Crippen LogP contribution in [0.3, 0.4) is 0 Å². The summed E-state index contributed by atoms with van der Waals surface area (Å²) in [6.07, 6.45) is 3.15. The van der Waals surface area contributed by atoms with Crippen LogP contribution in [0.15, 0.2) is 36.9 Å². The van der Waals surface area contributed by atoms with E-state index in [0.717, 1.165) is 0 Å². The molecule has 24 heavy (non-hydrogen) atoms. The molecule has 6 heteroatoms. The third kappa shape index (κ3) is 3.88. The number of hydrogen-bond donors (Lipinski definition) is 1. The number of ether oxygens (including phenoxy) is 2. The van der Waals surface area contributed by atoms with Gasteiger partial charge in [-0.15, -0.1) is 6.58 Å². The highest BCUT2D eigenvalue weighted by molar-refractivity contribution is 5.81. The number of carbonyl (C=O) groups excluding carboxylic acids is 1. The number of piperidine rings is 1. The minimum Gasteiger partial charge on any atom is -0.493 e. The van der Waals surface area contributed by atoms with Crippen molar-refractivity contribution in [2.45, 2.75) is 19.3 Å². The average Bonchev–Trinajstić information content (AvgIpc) is 2.60. The summed E-state index contributed by atoms with van der Waals surface area (Å²) in [5, 5.41) is 9.56. The van der Waals surface area contributed by atoms with Crippen LogP contribution in [-0.4, -0.2) is 48.7 Å². The van der Waals surface area contributed by atoms with Crippen LogP contribution in [0.1, 0.15) is 19.3 Å². The molecule has 1 N–H and O–H groups in total. The number of para-hydroxylation sites is 2. The number of carbonyl (C=O) groups is 2. The second kappa shape index (κ2) is 7.86. The second-order valence-electron chi connectivity index (χ2n) is 5.94. The topological polar surface area (TPSA) is 76.1 Å². The normalized spacial score (nSPS) is 20.3.